The Morgan fingerprint density at radius 1 is 0.958 bits per heavy atom. The second-order valence-corrected chi connectivity index (χ2v) is 6.81. The molecule has 0 radical (unpaired) electrons. The maximum Gasteiger partial charge on any atom is 0.296 e. The highest BCUT2D eigenvalue weighted by molar-refractivity contribution is 7.86. The summed E-state index contributed by atoms with van der Waals surface area (Å²) in [6.07, 6.45) is 0. The number of nitrogens with zero attached hydrogens (tertiary/aromatic N) is 2. The van der Waals surface area contributed by atoms with E-state index in [1.807, 2.05) is 24.3 Å². The van der Waals surface area contributed by atoms with E-state index in [4.69, 9.17) is 21.9 Å². The van der Waals surface area contributed by atoms with Gasteiger partial charge in [0.1, 0.15) is 4.90 Å². The number of rotatable bonds is 3. The van der Waals surface area contributed by atoms with Gasteiger partial charge < -0.3 is 5.73 Å². The minimum Gasteiger partial charge on any atom is -0.398 e. The fourth-order valence-electron chi connectivity index (χ4n) is 2.26. The van der Waals surface area contributed by atoms with Gasteiger partial charge >= 0.3 is 0 Å². The lowest BCUT2D eigenvalue weighted by atomic mass is 10.1. The molecule has 24 heavy (non-hydrogen) atoms. The van der Waals surface area contributed by atoms with Gasteiger partial charge in [0.15, 0.2) is 0 Å². The number of halogens is 1. The molecule has 122 valence electrons. The van der Waals surface area contributed by atoms with Crippen molar-refractivity contribution >= 4 is 49.6 Å². The van der Waals surface area contributed by atoms with Crippen LogP contribution in [0.4, 0.5) is 17.1 Å². The van der Waals surface area contributed by atoms with Crippen LogP contribution in [-0.2, 0) is 10.1 Å². The van der Waals surface area contributed by atoms with Crippen molar-refractivity contribution in [2.45, 2.75) is 4.90 Å². The zero-order chi connectivity index (χ0) is 17.3. The summed E-state index contributed by atoms with van der Waals surface area (Å²) >= 11 is 5.77. The lowest BCUT2D eigenvalue weighted by Gasteiger charge is -2.04. The fourth-order valence-corrected chi connectivity index (χ4v) is 3.25. The SMILES string of the molecule is Nc1ccc(N=Nc2ccc(Cl)c(S(=O)(=O)O)c2)c2ccccc12. The van der Waals surface area contributed by atoms with Crippen LogP contribution in [-0.4, -0.2) is 13.0 Å². The number of fused-ring (bicyclic) bond motifs is 1. The minimum absolute atomic E-state index is 0.0885. The molecule has 0 aliphatic rings. The molecule has 0 heterocycles. The molecule has 0 aromatic heterocycles. The number of benzene rings is 3. The summed E-state index contributed by atoms with van der Waals surface area (Å²) in [6, 6.07) is 14.9. The summed E-state index contributed by atoms with van der Waals surface area (Å²) in [5.74, 6) is 0. The standard InChI is InChI=1S/C16H12ClN3O3S/c17-13-6-5-10(9-16(13)24(21,22)23)19-20-15-8-7-14(18)11-3-1-2-4-12(11)15/h1-9H,18H2,(H,21,22,23). The maximum atomic E-state index is 11.3. The molecule has 3 aromatic rings. The van der Waals surface area contributed by atoms with Gasteiger partial charge in [0.2, 0.25) is 0 Å². The molecule has 0 spiro atoms. The fraction of sp³-hybridized carbons (Fsp3) is 0. The topological polar surface area (TPSA) is 105 Å². The molecule has 3 aromatic carbocycles. The third-order valence-corrected chi connectivity index (χ3v) is 4.74. The van der Waals surface area contributed by atoms with Crippen LogP contribution >= 0.6 is 11.6 Å². The van der Waals surface area contributed by atoms with Crippen molar-refractivity contribution in [1.82, 2.24) is 0 Å². The lowest BCUT2D eigenvalue weighted by molar-refractivity contribution is 0.483. The highest BCUT2D eigenvalue weighted by atomic mass is 35.5. The highest BCUT2D eigenvalue weighted by Crippen LogP contribution is 2.32. The summed E-state index contributed by atoms with van der Waals surface area (Å²) in [5, 5.41) is 9.76. The van der Waals surface area contributed by atoms with Gasteiger partial charge in [-0.1, -0.05) is 35.9 Å². The van der Waals surface area contributed by atoms with E-state index in [1.54, 1.807) is 12.1 Å². The van der Waals surface area contributed by atoms with Crippen molar-refractivity contribution in [3.8, 4) is 0 Å². The Labute approximate surface area is 143 Å². The van der Waals surface area contributed by atoms with Crippen molar-refractivity contribution in [1.29, 1.82) is 0 Å². The Hall–Kier alpha value is -2.48. The second-order valence-electron chi connectivity index (χ2n) is 5.01. The normalized spacial score (nSPS) is 12.1. The van der Waals surface area contributed by atoms with Crippen molar-refractivity contribution in [2.75, 3.05) is 5.73 Å². The van der Waals surface area contributed by atoms with Crippen molar-refractivity contribution in [3.63, 3.8) is 0 Å². The molecule has 0 amide bonds. The van der Waals surface area contributed by atoms with E-state index in [1.165, 1.54) is 12.1 Å². The molecule has 0 fully saturated rings. The van der Waals surface area contributed by atoms with Crippen LogP contribution < -0.4 is 5.73 Å². The van der Waals surface area contributed by atoms with Gasteiger partial charge in [-0.2, -0.15) is 13.5 Å². The van der Waals surface area contributed by atoms with Crippen LogP contribution in [0.1, 0.15) is 0 Å². The maximum absolute atomic E-state index is 11.3. The molecule has 0 unspecified atom stereocenters. The third kappa shape index (κ3) is 3.23. The molecule has 3 N–H and O–H groups in total. The largest absolute Gasteiger partial charge is 0.398 e. The predicted molar refractivity (Wildman–Crippen MR) is 93.8 cm³/mol. The molecule has 0 saturated heterocycles. The molecule has 0 saturated carbocycles. The van der Waals surface area contributed by atoms with Crippen molar-refractivity contribution in [3.05, 3.63) is 59.6 Å². The van der Waals surface area contributed by atoms with E-state index in [2.05, 4.69) is 10.2 Å². The first-order valence-corrected chi connectivity index (χ1v) is 8.64. The van der Waals surface area contributed by atoms with Crippen LogP contribution in [0.3, 0.4) is 0 Å². The lowest BCUT2D eigenvalue weighted by Crippen LogP contribution is -1.98. The van der Waals surface area contributed by atoms with Crippen LogP contribution in [0, 0.1) is 0 Å². The molecule has 6 nitrogen and oxygen atoms in total. The molecule has 0 atom stereocenters. The van der Waals surface area contributed by atoms with Gasteiger partial charge in [-0.3, -0.25) is 4.55 Å². The Morgan fingerprint density at radius 2 is 1.67 bits per heavy atom. The zero-order valence-electron chi connectivity index (χ0n) is 12.2. The summed E-state index contributed by atoms with van der Waals surface area (Å²) in [7, 11) is -4.43. The highest BCUT2D eigenvalue weighted by Gasteiger charge is 2.15. The van der Waals surface area contributed by atoms with Crippen LogP contribution in [0.25, 0.3) is 10.8 Å². The molecule has 0 aliphatic carbocycles. The van der Waals surface area contributed by atoms with E-state index in [0.29, 0.717) is 11.4 Å². The first-order valence-electron chi connectivity index (χ1n) is 6.82. The second kappa shape index (κ2) is 6.20. The molecule has 0 aliphatic heterocycles. The van der Waals surface area contributed by atoms with E-state index < -0.39 is 15.0 Å². The smallest absolute Gasteiger partial charge is 0.296 e. The Balaban J connectivity index is 2.05. The Morgan fingerprint density at radius 3 is 2.38 bits per heavy atom. The summed E-state index contributed by atoms with van der Waals surface area (Å²) in [5.41, 5.74) is 7.39. The summed E-state index contributed by atoms with van der Waals surface area (Å²) < 4.78 is 31.7. The minimum atomic E-state index is -4.43. The predicted octanol–water partition coefficient (Wildman–Crippen LogP) is 4.74. The number of hydrogen-bond acceptors (Lipinski definition) is 5. The number of hydrogen-bond donors (Lipinski definition) is 2. The zero-order valence-corrected chi connectivity index (χ0v) is 13.8. The number of azo groups is 1. The molecular weight excluding hydrogens is 350 g/mol. The third-order valence-electron chi connectivity index (χ3n) is 3.40. The average molecular weight is 362 g/mol. The molecule has 8 heteroatoms. The van der Waals surface area contributed by atoms with Gasteiger partial charge in [0, 0.05) is 16.5 Å². The van der Waals surface area contributed by atoms with Crippen LogP contribution in [0.5, 0.6) is 0 Å². The summed E-state index contributed by atoms with van der Waals surface area (Å²) in [4.78, 5) is -0.414. The van der Waals surface area contributed by atoms with Gasteiger partial charge in [0.25, 0.3) is 10.1 Å². The molecule has 0 bridgehead atoms. The van der Waals surface area contributed by atoms with E-state index in [0.717, 1.165) is 16.8 Å². The monoisotopic (exact) mass is 361 g/mol. The average Bonchev–Trinajstić information content (AvgIpc) is 2.55. The van der Waals surface area contributed by atoms with E-state index >= 15 is 0 Å². The van der Waals surface area contributed by atoms with E-state index in [-0.39, 0.29) is 10.7 Å². The van der Waals surface area contributed by atoms with Gasteiger partial charge in [-0.15, -0.1) is 5.11 Å². The number of anilines is 1. The van der Waals surface area contributed by atoms with Crippen LogP contribution in [0.2, 0.25) is 5.02 Å². The first kappa shape index (κ1) is 16.4. The van der Waals surface area contributed by atoms with Crippen molar-refractivity contribution in [2.24, 2.45) is 10.2 Å². The van der Waals surface area contributed by atoms with Crippen LogP contribution in [0.15, 0.2) is 69.7 Å². The Bertz CT molecular complexity index is 1070. The van der Waals surface area contributed by atoms with Crippen molar-refractivity contribution < 1.29 is 13.0 Å². The number of nitrogens with two attached hydrogens (primary N) is 1. The van der Waals surface area contributed by atoms with Gasteiger partial charge in [-0.05, 0) is 30.3 Å². The number of nitrogen functional groups attached to an aromatic ring is 1. The summed E-state index contributed by atoms with van der Waals surface area (Å²) in [6.45, 7) is 0. The van der Waals surface area contributed by atoms with E-state index in [9.17, 15) is 8.42 Å². The first-order chi connectivity index (χ1) is 11.4. The molecule has 3 rings (SSSR count). The Kier molecular flexibility index (Phi) is 4.23. The van der Waals surface area contributed by atoms with Gasteiger partial charge in [0.05, 0.1) is 16.4 Å². The van der Waals surface area contributed by atoms with Gasteiger partial charge in [-0.25, -0.2) is 0 Å². The molecular formula is C16H12ClN3O3S. The quantitative estimate of drug-likeness (QED) is 0.399.